The first-order valence-electron chi connectivity index (χ1n) is 10.5. The largest absolute Gasteiger partial charge is 0.350 e. The summed E-state index contributed by atoms with van der Waals surface area (Å²) >= 11 is 12.4. The number of aryl methyl sites for hydroxylation is 1. The quantitative estimate of drug-likeness (QED) is 0.473. The normalized spacial score (nSPS) is 13.5. The van der Waals surface area contributed by atoms with Crippen molar-refractivity contribution in [3.63, 3.8) is 0 Å². The molecule has 0 atom stereocenters. The van der Waals surface area contributed by atoms with Crippen molar-refractivity contribution in [2.75, 3.05) is 22.2 Å². The van der Waals surface area contributed by atoms with Gasteiger partial charge in [0.05, 0.1) is 12.1 Å². The molecule has 0 aliphatic carbocycles. The summed E-state index contributed by atoms with van der Waals surface area (Å²) in [7, 11) is 1.73. The molecule has 0 bridgehead atoms. The zero-order chi connectivity index (χ0) is 24.4. The van der Waals surface area contributed by atoms with Crippen molar-refractivity contribution in [1.29, 1.82) is 0 Å². The van der Waals surface area contributed by atoms with Gasteiger partial charge in [0.1, 0.15) is 10.7 Å². The summed E-state index contributed by atoms with van der Waals surface area (Å²) in [6.45, 7) is 1.83. The number of nitrogens with one attached hydrogen (secondary N) is 1. The minimum Gasteiger partial charge on any atom is -0.350 e. The number of carbonyl (C=O) groups excluding carboxylic acids is 3. The smallest absolute Gasteiger partial charge is 0.283 e. The van der Waals surface area contributed by atoms with Crippen LogP contribution in [0.2, 0.25) is 5.02 Å². The van der Waals surface area contributed by atoms with Gasteiger partial charge in [-0.05, 0) is 54.4 Å². The van der Waals surface area contributed by atoms with Crippen molar-refractivity contribution in [2.24, 2.45) is 0 Å². The Morgan fingerprint density at radius 3 is 2.26 bits per heavy atom. The number of amides is 3. The van der Waals surface area contributed by atoms with Crippen LogP contribution in [-0.4, -0.2) is 24.8 Å². The summed E-state index contributed by atoms with van der Waals surface area (Å²) in [6.07, 6.45) is 0.217. The number of benzene rings is 3. The third kappa shape index (κ3) is 4.69. The van der Waals surface area contributed by atoms with Gasteiger partial charge in [0.2, 0.25) is 5.91 Å². The number of hydrogen-bond donors (Lipinski definition) is 1. The fourth-order valence-corrected chi connectivity index (χ4v) is 3.89. The molecule has 0 saturated heterocycles. The van der Waals surface area contributed by atoms with Crippen LogP contribution < -0.4 is 15.1 Å². The summed E-state index contributed by atoms with van der Waals surface area (Å²) in [5, 5.41) is 3.17. The number of rotatable bonds is 6. The highest BCUT2D eigenvalue weighted by Gasteiger charge is 2.39. The summed E-state index contributed by atoms with van der Waals surface area (Å²) in [4.78, 5) is 40.8. The number of hydrogen-bond acceptors (Lipinski definition) is 4. The van der Waals surface area contributed by atoms with Crippen molar-refractivity contribution in [3.8, 4) is 0 Å². The summed E-state index contributed by atoms with van der Waals surface area (Å²) in [6, 6.07) is 21.3. The third-order valence-electron chi connectivity index (χ3n) is 5.54. The monoisotopic (exact) mass is 493 g/mol. The minimum atomic E-state index is -0.625. The van der Waals surface area contributed by atoms with E-state index in [9.17, 15) is 14.4 Å². The number of imide groups is 1. The highest BCUT2D eigenvalue weighted by atomic mass is 35.5. The van der Waals surface area contributed by atoms with Crippen LogP contribution in [0.25, 0.3) is 0 Å². The van der Waals surface area contributed by atoms with Gasteiger partial charge in [0, 0.05) is 23.4 Å². The van der Waals surface area contributed by atoms with E-state index >= 15 is 0 Å². The van der Waals surface area contributed by atoms with Crippen molar-refractivity contribution >= 4 is 58.0 Å². The van der Waals surface area contributed by atoms with E-state index in [-0.39, 0.29) is 23.1 Å². The van der Waals surface area contributed by atoms with E-state index in [1.165, 1.54) is 0 Å². The Morgan fingerprint density at radius 2 is 1.62 bits per heavy atom. The molecule has 1 aliphatic rings. The predicted octanol–water partition coefficient (Wildman–Crippen LogP) is 5.29. The molecule has 0 aromatic heterocycles. The molecule has 1 aliphatic heterocycles. The zero-order valence-electron chi connectivity index (χ0n) is 18.5. The van der Waals surface area contributed by atoms with Gasteiger partial charge in [-0.15, -0.1) is 0 Å². The molecule has 3 amide bonds. The van der Waals surface area contributed by atoms with Gasteiger partial charge in [-0.3, -0.25) is 14.4 Å². The van der Waals surface area contributed by atoms with Crippen LogP contribution >= 0.6 is 23.2 Å². The fourth-order valence-electron chi connectivity index (χ4n) is 3.51. The lowest BCUT2D eigenvalue weighted by Gasteiger charge is -2.17. The van der Waals surface area contributed by atoms with E-state index in [1.54, 1.807) is 54.4 Å². The van der Waals surface area contributed by atoms with Crippen LogP contribution in [0.5, 0.6) is 0 Å². The summed E-state index contributed by atoms with van der Waals surface area (Å²) in [5.74, 6) is -1.25. The molecule has 0 unspecified atom stereocenters. The average molecular weight is 494 g/mol. The van der Waals surface area contributed by atoms with Crippen molar-refractivity contribution in [3.05, 3.63) is 99.7 Å². The Morgan fingerprint density at radius 1 is 0.941 bits per heavy atom. The van der Waals surface area contributed by atoms with E-state index in [1.807, 2.05) is 37.3 Å². The van der Waals surface area contributed by atoms with Crippen LogP contribution in [0.15, 0.2) is 83.5 Å². The lowest BCUT2D eigenvalue weighted by atomic mass is 10.1. The van der Waals surface area contributed by atoms with Crippen molar-refractivity contribution in [2.45, 2.75) is 13.3 Å². The molecule has 172 valence electrons. The van der Waals surface area contributed by atoms with Crippen LogP contribution in [0.1, 0.15) is 11.1 Å². The molecule has 0 fully saturated rings. The molecule has 0 radical (unpaired) electrons. The van der Waals surface area contributed by atoms with Crippen LogP contribution in [-0.2, 0) is 20.8 Å². The molecular formula is C26H21Cl2N3O3. The zero-order valence-corrected chi connectivity index (χ0v) is 20.0. The lowest BCUT2D eigenvalue weighted by molar-refractivity contribution is -0.120. The first kappa shape index (κ1) is 23.5. The molecule has 6 nitrogen and oxygen atoms in total. The molecule has 0 spiro atoms. The van der Waals surface area contributed by atoms with E-state index in [4.69, 9.17) is 23.2 Å². The van der Waals surface area contributed by atoms with Crippen molar-refractivity contribution < 1.29 is 14.4 Å². The maximum atomic E-state index is 13.0. The Kier molecular flexibility index (Phi) is 6.72. The number of carbonyl (C=O) groups is 3. The van der Waals surface area contributed by atoms with Crippen LogP contribution in [0, 0.1) is 6.92 Å². The maximum absolute atomic E-state index is 13.0. The first-order chi connectivity index (χ1) is 16.3. The Hall–Kier alpha value is -3.61. The third-order valence-corrected chi connectivity index (χ3v) is 6.29. The second-order valence-corrected chi connectivity index (χ2v) is 8.64. The number of para-hydroxylation sites is 1. The van der Waals surface area contributed by atoms with Gasteiger partial charge in [-0.25, -0.2) is 4.90 Å². The first-order valence-corrected chi connectivity index (χ1v) is 11.2. The second kappa shape index (κ2) is 9.71. The van der Waals surface area contributed by atoms with Gasteiger partial charge in [-0.2, -0.15) is 0 Å². The molecule has 0 saturated carbocycles. The highest BCUT2D eigenvalue weighted by Crippen LogP contribution is 2.32. The standard InChI is InChI=1S/C26H21Cl2N3O3/c1-16-8-13-20(15-21(16)27)31-25(33)23(28)24(26(31)34)29-18-11-9-17(10-12-18)14-22(32)30(2)19-6-4-3-5-7-19/h3-13,15,29H,14H2,1-2H3. The second-order valence-electron chi connectivity index (χ2n) is 7.86. The lowest BCUT2D eigenvalue weighted by Crippen LogP contribution is -2.32. The molecule has 8 heteroatoms. The molecule has 34 heavy (non-hydrogen) atoms. The van der Waals surface area contributed by atoms with Gasteiger partial charge in [0.25, 0.3) is 11.8 Å². The molecular weight excluding hydrogens is 473 g/mol. The number of nitrogens with zero attached hydrogens (tertiary/aromatic N) is 2. The Balaban J connectivity index is 1.45. The SMILES string of the molecule is Cc1ccc(N2C(=O)C(Cl)=C(Nc3ccc(CC(=O)N(C)c4ccccc4)cc3)C2=O)cc1Cl. The highest BCUT2D eigenvalue weighted by molar-refractivity contribution is 6.53. The fraction of sp³-hybridized carbons (Fsp3) is 0.115. The van der Waals surface area contributed by atoms with E-state index < -0.39 is 11.8 Å². The number of anilines is 3. The minimum absolute atomic E-state index is 0.0176. The average Bonchev–Trinajstić information content (AvgIpc) is 3.05. The van der Waals surface area contributed by atoms with Crippen LogP contribution in [0.3, 0.4) is 0 Å². The Bertz CT molecular complexity index is 1300. The summed E-state index contributed by atoms with van der Waals surface area (Å²) < 4.78 is 0. The van der Waals surface area contributed by atoms with Crippen LogP contribution in [0.4, 0.5) is 17.1 Å². The van der Waals surface area contributed by atoms with Gasteiger partial charge in [0.15, 0.2) is 0 Å². The maximum Gasteiger partial charge on any atom is 0.283 e. The molecule has 1 N–H and O–H groups in total. The van der Waals surface area contributed by atoms with E-state index in [0.29, 0.717) is 16.4 Å². The van der Waals surface area contributed by atoms with E-state index in [0.717, 1.165) is 21.7 Å². The van der Waals surface area contributed by atoms with Crippen molar-refractivity contribution in [1.82, 2.24) is 0 Å². The Labute approximate surface area is 207 Å². The predicted molar refractivity (Wildman–Crippen MR) is 135 cm³/mol. The molecule has 3 aromatic carbocycles. The molecule has 4 rings (SSSR count). The van der Waals surface area contributed by atoms with Gasteiger partial charge < -0.3 is 10.2 Å². The topological polar surface area (TPSA) is 69.7 Å². The number of likely N-dealkylation sites (N-methyl/N-ethyl adjacent to an activating group) is 1. The molecule has 3 aromatic rings. The van der Waals surface area contributed by atoms with E-state index in [2.05, 4.69) is 5.32 Å². The molecule has 1 heterocycles. The summed E-state index contributed by atoms with van der Waals surface area (Å²) in [5.41, 5.74) is 3.34. The van der Waals surface area contributed by atoms with Gasteiger partial charge in [-0.1, -0.05) is 59.6 Å². The van der Waals surface area contributed by atoms with Gasteiger partial charge >= 0.3 is 0 Å². The number of halogens is 2.